The molecule has 0 saturated carbocycles. The Labute approximate surface area is 182 Å². The van der Waals surface area contributed by atoms with Gasteiger partial charge in [0.2, 0.25) is 0 Å². The molecule has 0 atom stereocenters. The van der Waals surface area contributed by atoms with Gasteiger partial charge >= 0.3 is 0 Å². The van der Waals surface area contributed by atoms with E-state index >= 15 is 0 Å². The third-order valence-electron chi connectivity index (χ3n) is 4.18. The molecular weight excluding hydrogens is 422 g/mol. The second-order valence-electron chi connectivity index (χ2n) is 6.31. The highest BCUT2D eigenvalue weighted by Gasteiger charge is 2.16. The van der Waals surface area contributed by atoms with Crippen molar-refractivity contribution in [3.05, 3.63) is 86.9 Å². The van der Waals surface area contributed by atoms with Crippen LogP contribution in [0, 0.1) is 10.1 Å². The fraction of sp³-hybridized carbons (Fsp3) is 0.0909. The Balaban J connectivity index is 1.85. The molecule has 0 bridgehead atoms. The number of ether oxygens (including phenoxy) is 1. The molecule has 8 nitrogen and oxygen atoms in total. The van der Waals surface area contributed by atoms with Gasteiger partial charge in [-0.05, 0) is 37.3 Å². The Morgan fingerprint density at radius 3 is 2.71 bits per heavy atom. The highest BCUT2D eigenvalue weighted by Crippen LogP contribution is 2.34. The SMILES string of the molecule is CCOc1cc([N+](=O)[O-])cc(C=Nc2cccc(NC(=O)c3ccccc3Cl)c2)c1O. The standard InChI is InChI=1S/C22H18ClN3O5/c1-2-31-20-12-17(26(29)30)10-14(21(20)27)13-24-15-6-5-7-16(11-15)25-22(28)18-8-3-4-9-19(18)23/h3-13,27H,2H2,1H3,(H,25,28). The first kappa shape index (κ1) is 21.8. The van der Waals surface area contributed by atoms with Gasteiger partial charge < -0.3 is 15.2 Å². The smallest absolute Gasteiger partial charge is 0.274 e. The zero-order chi connectivity index (χ0) is 22.4. The number of nitrogens with zero attached hydrogens (tertiary/aromatic N) is 2. The number of anilines is 1. The molecule has 0 spiro atoms. The van der Waals surface area contributed by atoms with Gasteiger partial charge in [-0.1, -0.05) is 29.8 Å². The maximum absolute atomic E-state index is 12.4. The fourth-order valence-electron chi connectivity index (χ4n) is 2.74. The number of nitro groups is 1. The van der Waals surface area contributed by atoms with E-state index in [0.29, 0.717) is 22.0 Å². The molecule has 3 rings (SSSR count). The number of non-ortho nitro benzene ring substituents is 1. The van der Waals surface area contributed by atoms with Crippen LogP contribution in [-0.2, 0) is 0 Å². The normalized spacial score (nSPS) is 10.8. The van der Waals surface area contributed by atoms with E-state index in [9.17, 15) is 20.0 Å². The first-order chi connectivity index (χ1) is 14.9. The Morgan fingerprint density at radius 1 is 1.23 bits per heavy atom. The lowest BCUT2D eigenvalue weighted by atomic mass is 10.1. The van der Waals surface area contributed by atoms with Gasteiger partial charge in [-0.3, -0.25) is 19.9 Å². The Morgan fingerprint density at radius 2 is 2.00 bits per heavy atom. The third kappa shape index (κ3) is 5.37. The zero-order valence-electron chi connectivity index (χ0n) is 16.4. The molecule has 158 valence electrons. The van der Waals surface area contributed by atoms with Crippen LogP contribution in [0.4, 0.5) is 17.1 Å². The average Bonchev–Trinajstić information content (AvgIpc) is 2.74. The van der Waals surface area contributed by atoms with E-state index < -0.39 is 4.92 Å². The fourth-order valence-corrected chi connectivity index (χ4v) is 2.96. The predicted octanol–water partition coefficient (Wildman–Crippen LogP) is 5.36. The largest absolute Gasteiger partial charge is 0.504 e. The topological polar surface area (TPSA) is 114 Å². The van der Waals surface area contributed by atoms with E-state index in [1.165, 1.54) is 12.3 Å². The molecule has 0 saturated heterocycles. The summed E-state index contributed by atoms with van der Waals surface area (Å²) in [4.78, 5) is 27.3. The quantitative estimate of drug-likeness (QED) is 0.292. The number of aliphatic imine (C=N–C) groups is 1. The van der Waals surface area contributed by atoms with E-state index in [-0.39, 0.29) is 35.3 Å². The minimum atomic E-state index is -0.579. The summed E-state index contributed by atoms with van der Waals surface area (Å²) in [7, 11) is 0. The maximum atomic E-state index is 12.4. The van der Waals surface area contributed by atoms with Crippen molar-refractivity contribution < 1.29 is 19.6 Å². The molecule has 0 aliphatic rings. The van der Waals surface area contributed by atoms with Crippen LogP contribution in [0.3, 0.4) is 0 Å². The van der Waals surface area contributed by atoms with Gasteiger partial charge in [0.15, 0.2) is 11.5 Å². The van der Waals surface area contributed by atoms with Crippen molar-refractivity contribution in [3.63, 3.8) is 0 Å². The van der Waals surface area contributed by atoms with Gasteiger partial charge in [-0.2, -0.15) is 0 Å². The molecule has 1 amide bonds. The van der Waals surface area contributed by atoms with Crippen LogP contribution in [0.1, 0.15) is 22.8 Å². The van der Waals surface area contributed by atoms with Gasteiger partial charge in [0, 0.05) is 23.5 Å². The predicted molar refractivity (Wildman–Crippen MR) is 119 cm³/mol. The second kappa shape index (κ2) is 9.73. The first-order valence-electron chi connectivity index (χ1n) is 9.23. The van der Waals surface area contributed by atoms with E-state index in [1.54, 1.807) is 55.5 Å². The summed E-state index contributed by atoms with van der Waals surface area (Å²) in [6.45, 7) is 1.94. The number of phenols is 1. The van der Waals surface area contributed by atoms with Crippen LogP contribution >= 0.6 is 11.6 Å². The van der Waals surface area contributed by atoms with Crippen molar-refractivity contribution in [2.24, 2.45) is 4.99 Å². The summed E-state index contributed by atoms with van der Waals surface area (Å²) in [5.41, 5.74) is 1.17. The lowest BCUT2D eigenvalue weighted by Crippen LogP contribution is -2.12. The molecular formula is C22H18ClN3O5. The summed E-state index contributed by atoms with van der Waals surface area (Å²) in [6.07, 6.45) is 1.29. The molecule has 0 radical (unpaired) electrons. The van der Waals surface area contributed by atoms with Crippen molar-refractivity contribution in [1.29, 1.82) is 0 Å². The Hall–Kier alpha value is -3.91. The lowest BCUT2D eigenvalue weighted by Gasteiger charge is -2.08. The maximum Gasteiger partial charge on any atom is 0.274 e. The molecule has 3 aromatic rings. The monoisotopic (exact) mass is 439 g/mol. The average molecular weight is 440 g/mol. The minimum absolute atomic E-state index is 0.00101. The van der Waals surface area contributed by atoms with Crippen LogP contribution in [0.15, 0.2) is 65.7 Å². The number of nitro benzene ring substituents is 1. The van der Waals surface area contributed by atoms with Gasteiger partial charge in [0.25, 0.3) is 11.6 Å². The van der Waals surface area contributed by atoms with Crippen molar-refractivity contribution in [2.45, 2.75) is 6.92 Å². The molecule has 3 aromatic carbocycles. The van der Waals surface area contributed by atoms with Gasteiger partial charge in [0.05, 0.1) is 33.9 Å². The van der Waals surface area contributed by atoms with Crippen LogP contribution in [0.5, 0.6) is 11.5 Å². The number of phenolic OH excluding ortho intramolecular Hbond substituents is 1. The Kier molecular flexibility index (Phi) is 6.84. The van der Waals surface area contributed by atoms with Crippen molar-refractivity contribution >= 4 is 40.8 Å². The number of hydrogen-bond donors (Lipinski definition) is 2. The van der Waals surface area contributed by atoms with Crippen molar-refractivity contribution in [2.75, 3.05) is 11.9 Å². The summed E-state index contributed by atoms with van der Waals surface area (Å²) in [6, 6.07) is 15.7. The van der Waals surface area contributed by atoms with E-state index in [2.05, 4.69) is 10.3 Å². The number of amides is 1. The molecule has 9 heteroatoms. The molecule has 0 aromatic heterocycles. The van der Waals surface area contributed by atoms with Crippen LogP contribution in [0.2, 0.25) is 5.02 Å². The number of nitrogens with one attached hydrogen (secondary N) is 1. The number of carbonyl (C=O) groups is 1. The van der Waals surface area contributed by atoms with Gasteiger partial charge in [0.1, 0.15) is 0 Å². The number of hydrogen-bond acceptors (Lipinski definition) is 6. The summed E-state index contributed by atoms with van der Waals surface area (Å²) >= 11 is 6.05. The van der Waals surface area contributed by atoms with Gasteiger partial charge in [-0.25, -0.2) is 0 Å². The van der Waals surface area contributed by atoms with Crippen LogP contribution < -0.4 is 10.1 Å². The Bertz CT molecular complexity index is 1160. The molecule has 31 heavy (non-hydrogen) atoms. The highest BCUT2D eigenvalue weighted by atomic mass is 35.5. The number of aromatic hydroxyl groups is 1. The van der Waals surface area contributed by atoms with E-state index in [0.717, 1.165) is 6.07 Å². The minimum Gasteiger partial charge on any atom is -0.504 e. The summed E-state index contributed by atoms with van der Waals surface area (Å²) < 4.78 is 5.26. The van der Waals surface area contributed by atoms with Crippen molar-refractivity contribution in [3.8, 4) is 11.5 Å². The molecule has 0 aliphatic heterocycles. The van der Waals surface area contributed by atoms with Crippen molar-refractivity contribution in [1.82, 2.24) is 0 Å². The van der Waals surface area contributed by atoms with E-state index in [1.807, 2.05) is 0 Å². The molecule has 0 heterocycles. The van der Waals surface area contributed by atoms with Gasteiger partial charge in [-0.15, -0.1) is 0 Å². The molecule has 0 aliphatic carbocycles. The molecule has 2 N–H and O–H groups in total. The van der Waals surface area contributed by atoms with Crippen LogP contribution in [-0.4, -0.2) is 28.8 Å². The summed E-state index contributed by atoms with van der Waals surface area (Å²) in [5, 5.41) is 24.6. The number of benzene rings is 3. The molecule has 0 fully saturated rings. The second-order valence-corrected chi connectivity index (χ2v) is 6.72. The first-order valence-corrected chi connectivity index (χ1v) is 9.61. The summed E-state index contributed by atoms with van der Waals surface area (Å²) in [5.74, 6) is -0.623. The zero-order valence-corrected chi connectivity index (χ0v) is 17.2. The third-order valence-corrected chi connectivity index (χ3v) is 4.50. The highest BCUT2D eigenvalue weighted by molar-refractivity contribution is 6.34. The van der Waals surface area contributed by atoms with Crippen LogP contribution in [0.25, 0.3) is 0 Å². The number of halogens is 1. The number of rotatable bonds is 7. The lowest BCUT2D eigenvalue weighted by molar-refractivity contribution is -0.385. The number of carbonyl (C=O) groups excluding carboxylic acids is 1. The van der Waals surface area contributed by atoms with E-state index in [4.69, 9.17) is 16.3 Å². The molecule has 0 unspecified atom stereocenters.